The number of aryl methyl sites for hydroxylation is 1. The predicted molar refractivity (Wildman–Crippen MR) is 132 cm³/mol. The van der Waals surface area contributed by atoms with Crippen LogP contribution in [0.2, 0.25) is 0 Å². The van der Waals surface area contributed by atoms with Crippen molar-refractivity contribution in [2.75, 3.05) is 19.7 Å². The zero-order chi connectivity index (χ0) is 24.5. The van der Waals surface area contributed by atoms with Gasteiger partial charge in [0.15, 0.2) is 0 Å². The molecule has 0 radical (unpaired) electrons. The van der Waals surface area contributed by atoms with E-state index in [2.05, 4.69) is 31.3 Å². The monoisotopic (exact) mass is 464 g/mol. The minimum atomic E-state index is -0.842. The number of carbonyl (C=O) groups excluding carboxylic acids is 3. The second kappa shape index (κ2) is 12.4. The quantitative estimate of drug-likeness (QED) is 0.428. The molecule has 1 N–H and O–H groups in total. The first kappa shape index (κ1) is 25.5. The third kappa shape index (κ3) is 7.17. The first-order valence-electron chi connectivity index (χ1n) is 12.2. The molecule has 2 atom stereocenters. The minimum Gasteiger partial charge on any atom is -0.466 e. The average Bonchev–Trinajstić information content (AvgIpc) is 2.83. The van der Waals surface area contributed by atoms with Crippen molar-refractivity contribution in [3.05, 3.63) is 71.3 Å². The lowest BCUT2D eigenvalue weighted by Crippen LogP contribution is -2.58. The van der Waals surface area contributed by atoms with Crippen molar-refractivity contribution >= 4 is 17.8 Å². The van der Waals surface area contributed by atoms with Crippen molar-refractivity contribution in [3.8, 4) is 0 Å². The summed E-state index contributed by atoms with van der Waals surface area (Å²) in [5, 5.41) is 2.77. The van der Waals surface area contributed by atoms with Gasteiger partial charge in [0, 0.05) is 13.1 Å². The lowest BCUT2D eigenvalue weighted by atomic mass is 9.95. The number of carbonyl (C=O) groups is 3. The Morgan fingerprint density at radius 1 is 1.03 bits per heavy atom. The Hall–Kier alpha value is -3.15. The van der Waals surface area contributed by atoms with Crippen LogP contribution in [0.1, 0.15) is 56.2 Å². The number of hydrogen-bond acceptors (Lipinski definition) is 4. The van der Waals surface area contributed by atoms with Gasteiger partial charge in [-0.1, -0.05) is 68.4 Å². The summed E-state index contributed by atoms with van der Waals surface area (Å²) in [7, 11) is 0. The molecule has 1 heterocycles. The van der Waals surface area contributed by atoms with Crippen molar-refractivity contribution in [1.82, 2.24) is 10.2 Å². The second-order valence-electron chi connectivity index (χ2n) is 9.41. The number of nitrogens with one attached hydrogen (secondary N) is 1. The molecule has 1 fully saturated rings. The largest absolute Gasteiger partial charge is 0.466 e. The fourth-order valence-corrected chi connectivity index (χ4v) is 4.31. The molecule has 2 aromatic rings. The van der Waals surface area contributed by atoms with Crippen LogP contribution in [0.3, 0.4) is 0 Å². The van der Waals surface area contributed by atoms with Gasteiger partial charge in [0.1, 0.15) is 6.04 Å². The lowest BCUT2D eigenvalue weighted by molar-refractivity contribution is -0.152. The fraction of sp³-hybridized carbons (Fsp3) is 0.464. The number of esters is 1. The maximum atomic E-state index is 13.3. The first-order valence-corrected chi connectivity index (χ1v) is 12.2. The molecule has 0 spiro atoms. The van der Waals surface area contributed by atoms with Crippen LogP contribution in [0.4, 0.5) is 0 Å². The molecule has 1 saturated heterocycles. The molecule has 0 saturated carbocycles. The van der Waals surface area contributed by atoms with E-state index in [0.29, 0.717) is 25.4 Å². The standard InChI is InChI=1S/C28H36N2O4/c1-20(2)18-23-11-13-24(14-12-23)21(3)28(33)30-16-15-29-27(32)25(30)19-26(31)34-17-7-10-22-8-5-4-6-9-22/h4-6,8-9,11-14,20-21,25H,7,10,15-19H2,1-3H3,(H,29,32). The Labute approximate surface area is 202 Å². The van der Waals surface area contributed by atoms with E-state index in [-0.39, 0.29) is 24.8 Å². The van der Waals surface area contributed by atoms with E-state index in [4.69, 9.17) is 4.74 Å². The van der Waals surface area contributed by atoms with Gasteiger partial charge >= 0.3 is 5.97 Å². The zero-order valence-corrected chi connectivity index (χ0v) is 20.5. The van der Waals surface area contributed by atoms with E-state index in [1.165, 1.54) is 16.0 Å². The summed E-state index contributed by atoms with van der Waals surface area (Å²) in [6.45, 7) is 7.26. The van der Waals surface area contributed by atoms with Crippen LogP contribution in [-0.2, 0) is 32.0 Å². The van der Waals surface area contributed by atoms with E-state index in [0.717, 1.165) is 18.4 Å². The van der Waals surface area contributed by atoms with E-state index < -0.39 is 17.9 Å². The summed E-state index contributed by atoms with van der Waals surface area (Å²) in [6.07, 6.45) is 2.38. The Kier molecular flexibility index (Phi) is 9.25. The molecule has 6 nitrogen and oxygen atoms in total. The molecule has 3 rings (SSSR count). The number of amides is 2. The molecule has 2 unspecified atom stereocenters. The molecule has 34 heavy (non-hydrogen) atoms. The van der Waals surface area contributed by atoms with E-state index in [1.807, 2.05) is 49.4 Å². The summed E-state index contributed by atoms with van der Waals surface area (Å²) in [5.41, 5.74) is 3.34. The van der Waals surface area contributed by atoms with Crippen molar-refractivity contribution in [3.63, 3.8) is 0 Å². The summed E-state index contributed by atoms with van der Waals surface area (Å²) in [6, 6.07) is 17.3. The highest BCUT2D eigenvalue weighted by Gasteiger charge is 2.37. The van der Waals surface area contributed by atoms with Gasteiger partial charge in [0.05, 0.1) is 18.9 Å². The molecule has 182 valence electrons. The number of rotatable bonds is 10. The van der Waals surface area contributed by atoms with Crippen LogP contribution in [0.15, 0.2) is 54.6 Å². The van der Waals surface area contributed by atoms with Crippen LogP contribution < -0.4 is 5.32 Å². The van der Waals surface area contributed by atoms with Gasteiger partial charge in [-0.15, -0.1) is 0 Å². The van der Waals surface area contributed by atoms with Crippen LogP contribution in [0, 0.1) is 5.92 Å². The maximum absolute atomic E-state index is 13.3. The number of hydrogen-bond donors (Lipinski definition) is 1. The summed E-state index contributed by atoms with van der Waals surface area (Å²) in [5.74, 6) is -0.744. The number of piperazine rings is 1. The second-order valence-corrected chi connectivity index (χ2v) is 9.41. The lowest BCUT2D eigenvalue weighted by Gasteiger charge is -2.36. The van der Waals surface area contributed by atoms with Gasteiger partial charge in [-0.3, -0.25) is 14.4 Å². The molecule has 6 heteroatoms. The van der Waals surface area contributed by atoms with Crippen LogP contribution in [0.25, 0.3) is 0 Å². The highest BCUT2D eigenvalue weighted by molar-refractivity contribution is 5.93. The van der Waals surface area contributed by atoms with E-state index in [1.54, 1.807) is 0 Å². The molecule has 2 amide bonds. The molecular formula is C28H36N2O4. The molecule has 1 aliphatic rings. The van der Waals surface area contributed by atoms with Crippen molar-refractivity contribution < 1.29 is 19.1 Å². The Bertz CT molecular complexity index is 956. The Balaban J connectivity index is 1.56. The Morgan fingerprint density at radius 2 is 1.74 bits per heavy atom. The maximum Gasteiger partial charge on any atom is 0.308 e. The average molecular weight is 465 g/mol. The van der Waals surface area contributed by atoms with Gasteiger partial charge in [-0.2, -0.15) is 0 Å². The Morgan fingerprint density at radius 3 is 2.41 bits per heavy atom. The first-order chi connectivity index (χ1) is 16.3. The number of ether oxygens (including phenoxy) is 1. The topological polar surface area (TPSA) is 75.7 Å². The smallest absolute Gasteiger partial charge is 0.308 e. The summed E-state index contributed by atoms with van der Waals surface area (Å²) in [4.78, 5) is 39.9. The number of nitrogens with zero attached hydrogens (tertiary/aromatic N) is 1. The van der Waals surface area contributed by atoms with Gasteiger partial charge in [0.25, 0.3) is 0 Å². The van der Waals surface area contributed by atoms with Crippen LogP contribution in [0.5, 0.6) is 0 Å². The molecule has 0 aromatic heterocycles. The third-order valence-corrected chi connectivity index (χ3v) is 6.18. The van der Waals surface area contributed by atoms with E-state index >= 15 is 0 Å². The minimum absolute atomic E-state index is 0.136. The molecule has 1 aliphatic heterocycles. The highest BCUT2D eigenvalue weighted by atomic mass is 16.5. The zero-order valence-electron chi connectivity index (χ0n) is 20.5. The molecule has 0 aliphatic carbocycles. The van der Waals surface area contributed by atoms with Gasteiger partial charge in [-0.25, -0.2) is 0 Å². The van der Waals surface area contributed by atoms with Crippen molar-refractivity contribution in [1.29, 1.82) is 0 Å². The highest BCUT2D eigenvalue weighted by Crippen LogP contribution is 2.23. The predicted octanol–water partition coefficient (Wildman–Crippen LogP) is 3.88. The SMILES string of the molecule is CC(C)Cc1ccc(C(C)C(=O)N2CCNC(=O)C2CC(=O)OCCCc2ccccc2)cc1. The van der Waals surface area contributed by atoms with Crippen molar-refractivity contribution in [2.45, 2.75) is 58.4 Å². The van der Waals surface area contributed by atoms with Gasteiger partial charge in [0.2, 0.25) is 11.8 Å². The van der Waals surface area contributed by atoms with Crippen LogP contribution >= 0.6 is 0 Å². The van der Waals surface area contributed by atoms with Gasteiger partial charge < -0.3 is 15.0 Å². The van der Waals surface area contributed by atoms with E-state index in [9.17, 15) is 14.4 Å². The molecule has 0 bridgehead atoms. The van der Waals surface area contributed by atoms with Crippen LogP contribution in [-0.4, -0.2) is 48.4 Å². The fourth-order valence-electron chi connectivity index (χ4n) is 4.31. The molecular weight excluding hydrogens is 428 g/mol. The van der Waals surface area contributed by atoms with Crippen molar-refractivity contribution in [2.24, 2.45) is 5.92 Å². The summed E-state index contributed by atoms with van der Waals surface area (Å²) >= 11 is 0. The van der Waals surface area contributed by atoms with Gasteiger partial charge in [-0.05, 0) is 48.8 Å². The molecule has 2 aromatic carbocycles. The normalized spacial score (nSPS) is 16.8. The summed E-state index contributed by atoms with van der Waals surface area (Å²) < 4.78 is 5.38. The number of benzene rings is 2. The third-order valence-electron chi connectivity index (χ3n) is 6.18.